The number of nitriles is 1. The fourth-order valence-electron chi connectivity index (χ4n) is 2.56. The smallest absolute Gasteiger partial charge is 0.233 e. The largest absolute Gasteiger partial charge is 0.282 e. The zero-order valence-corrected chi connectivity index (χ0v) is 9.76. The average Bonchev–Trinajstić information content (AvgIpc) is 2.60. The summed E-state index contributed by atoms with van der Waals surface area (Å²) in [6.07, 6.45) is 7.36. The maximum atomic E-state index is 12.0. The first kappa shape index (κ1) is 11.8. The van der Waals surface area contributed by atoms with Gasteiger partial charge in [-0.15, -0.1) is 0 Å². The Morgan fingerprint density at radius 3 is 2.29 bits per heavy atom. The summed E-state index contributed by atoms with van der Waals surface area (Å²) < 4.78 is 0. The fourth-order valence-corrected chi connectivity index (χ4v) is 2.56. The molecule has 0 aromatic heterocycles. The Labute approximate surface area is 101 Å². The van der Waals surface area contributed by atoms with Crippen LogP contribution in [-0.2, 0) is 9.59 Å². The lowest BCUT2D eigenvalue weighted by atomic mass is 9.85. The number of rotatable bonds is 4. The molecule has 2 amide bonds. The van der Waals surface area contributed by atoms with Crippen LogP contribution in [0.1, 0.15) is 32.1 Å². The van der Waals surface area contributed by atoms with E-state index in [2.05, 4.69) is 6.07 Å². The number of amides is 2. The van der Waals surface area contributed by atoms with Gasteiger partial charge in [-0.05, 0) is 25.7 Å². The van der Waals surface area contributed by atoms with Crippen molar-refractivity contribution in [2.45, 2.75) is 32.1 Å². The van der Waals surface area contributed by atoms with Crippen LogP contribution in [-0.4, -0.2) is 23.3 Å². The second-order valence-electron chi connectivity index (χ2n) is 4.60. The Kier molecular flexibility index (Phi) is 3.58. The molecule has 0 aromatic carbocycles. The summed E-state index contributed by atoms with van der Waals surface area (Å²) in [7, 11) is 0. The lowest BCUT2D eigenvalue weighted by molar-refractivity contribution is -0.139. The van der Waals surface area contributed by atoms with Crippen molar-refractivity contribution in [2.24, 2.45) is 11.8 Å². The quantitative estimate of drug-likeness (QED) is 0.420. The molecule has 0 saturated carbocycles. The van der Waals surface area contributed by atoms with E-state index in [1.807, 2.05) is 12.2 Å². The molecule has 2 aliphatic rings. The van der Waals surface area contributed by atoms with Crippen molar-refractivity contribution in [2.75, 3.05) is 6.54 Å². The molecule has 2 atom stereocenters. The molecule has 0 radical (unpaired) electrons. The van der Waals surface area contributed by atoms with Gasteiger partial charge in [-0.1, -0.05) is 12.2 Å². The first-order valence-corrected chi connectivity index (χ1v) is 6.13. The lowest BCUT2D eigenvalue weighted by Gasteiger charge is -2.14. The van der Waals surface area contributed by atoms with Gasteiger partial charge in [0.15, 0.2) is 0 Å². The maximum Gasteiger partial charge on any atom is 0.233 e. The molecule has 1 saturated heterocycles. The number of hydrogen-bond acceptors (Lipinski definition) is 3. The minimum atomic E-state index is -0.122. The van der Waals surface area contributed by atoms with Crippen molar-refractivity contribution >= 4 is 11.8 Å². The van der Waals surface area contributed by atoms with Gasteiger partial charge in [-0.2, -0.15) is 5.26 Å². The highest BCUT2D eigenvalue weighted by molar-refractivity contribution is 6.05. The summed E-state index contributed by atoms with van der Waals surface area (Å²) >= 11 is 0. The summed E-state index contributed by atoms with van der Waals surface area (Å²) in [5, 5.41) is 8.42. The molecule has 1 aliphatic carbocycles. The maximum absolute atomic E-state index is 12.0. The lowest BCUT2D eigenvalue weighted by Crippen LogP contribution is -2.32. The Balaban J connectivity index is 1.94. The van der Waals surface area contributed by atoms with Gasteiger partial charge >= 0.3 is 0 Å². The number of hydrogen-bond donors (Lipinski definition) is 0. The first-order chi connectivity index (χ1) is 8.25. The van der Waals surface area contributed by atoms with Crippen LogP contribution >= 0.6 is 0 Å². The molecule has 0 bridgehead atoms. The van der Waals surface area contributed by atoms with Crippen molar-refractivity contribution in [3.05, 3.63) is 12.2 Å². The summed E-state index contributed by atoms with van der Waals surface area (Å²) in [6.45, 7) is 0.479. The van der Waals surface area contributed by atoms with Gasteiger partial charge in [0.2, 0.25) is 11.8 Å². The number of carbonyl (C=O) groups is 2. The first-order valence-electron chi connectivity index (χ1n) is 6.13. The summed E-state index contributed by atoms with van der Waals surface area (Å²) in [4.78, 5) is 25.4. The number of allylic oxidation sites excluding steroid dienone is 2. The van der Waals surface area contributed by atoms with E-state index < -0.39 is 0 Å². The van der Waals surface area contributed by atoms with Gasteiger partial charge < -0.3 is 0 Å². The van der Waals surface area contributed by atoms with Crippen LogP contribution < -0.4 is 0 Å². The third-order valence-corrected chi connectivity index (χ3v) is 3.52. The van der Waals surface area contributed by atoms with Gasteiger partial charge in [-0.3, -0.25) is 14.5 Å². The molecule has 1 heterocycles. The van der Waals surface area contributed by atoms with Gasteiger partial charge in [0, 0.05) is 13.0 Å². The molecule has 2 rings (SSSR count). The van der Waals surface area contributed by atoms with E-state index in [1.165, 1.54) is 4.90 Å². The van der Waals surface area contributed by atoms with E-state index in [9.17, 15) is 9.59 Å². The zero-order chi connectivity index (χ0) is 12.3. The highest BCUT2D eigenvalue weighted by atomic mass is 16.2. The highest BCUT2D eigenvalue weighted by Crippen LogP contribution is 2.35. The number of likely N-dealkylation sites (tertiary alicyclic amines) is 1. The van der Waals surface area contributed by atoms with Gasteiger partial charge in [0.05, 0.1) is 17.9 Å². The van der Waals surface area contributed by atoms with E-state index in [0.717, 1.165) is 12.8 Å². The average molecular weight is 232 g/mol. The Hall–Kier alpha value is -1.63. The van der Waals surface area contributed by atoms with Crippen LogP contribution in [0, 0.1) is 23.2 Å². The SMILES string of the molecule is N#CCCCCN1C(=O)[C@H]2CC=CC[C@H]2C1=O. The van der Waals surface area contributed by atoms with Crippen LogP contribution in [0.4, 0.5) is 0 Å². The molecule has 1 aliphatic heterocycles. The van der Waals surface area contributed by atoms with E-state index in [4.69, 9.17) is 5.26 Å². The zero-order valence-electron chi connectivity index (χ0n) is 9.76. The molecular formula is C13H16N2O2. The summed E-state index contributed by atoms with van der Waals surface area (Å²) in [5.74, 6) is -0.269. The molecule has 1 fully saturated rings. The van der Waals surface area contributed by atoms with E-state index in [1.54, 1.807) is 0 Å². The third-order valence-electron chi connectivity index (χ3n) is 3.52. The molecule has 4 heteroatoms. The molecule has 17 heavy (non-hydrogen) atoms. The van der Waals surface area contributed by atoms with Gasteiger partial charge in [0.25, 0.3) is 0 Å². The molecule has 0 unspecified atom stereocenters. The molecule has 90 valence electrons. The van der Waals surface area contributed by atoms with Crippen LogP contribution in [0.25, 0.3) is 0 Å². The Bertz CT molecular complexity index is 369. The minimum absolute atomic E-state index is 0.0127. The van der Waals surface area contributed by atoms with Gasteiger partial charge in [0.1, 0.15) is 0 Å². The Morgan fingerprint density at radius 2 is 1.76 bits per heavy atom. The van der Waals surface area contributed by atoms with E-state index in [-0.39, 0.29) is 23.7 Å². The molecule has 0 spiro atoms. The van der Waals surface area contributed by atoms with Crippen LogP contribution in [0.2, 0.25) is 0 Å². The molecular weight excluding hydrogens is 216 g/mol. The van der Waals surface area contributed by atoms with E-state index in [0.29, 0.717) is 25.8 Å². The monoisotopic (exact) mass is 232 g/mol. The normalized spacial score (nSPS) is 27.1. The predicted molar refractivity (Wildman–Crippen MR) is 61.5 cm³/mol. The second-order valence-corrected chi connectivity index (χ2v) is 4.60. The van der Waals surface area contributed by atoms with Crippen molar-refractivity contribution in [1.82, 2.24) is 4.90 Å². The predicted octanol–water partition coefficient (Wildman–Crippen LogP) is 1.63. The van der Waals surface area contributed by atoms with Crippen molar-refractivity contribution in [3.63, 3.8) is 0 Å². The number of nitrogens with zero attached hydrogens (tertiary/aromatic N) is 2. The van der Waals surface area contributed by atoms with Crippen molar-refractivity contribution in [1.29, 1.82) is 5.26 Å². The standard InChI is InChI=1S/C13H16N2O2/c14-8-4-1-5-9-15-12(16)10-6-2-3-7-11(10)13(15)17/h2-3,10-11H,1,4-7,9H2/t10-,11+. The van der Waals surface area contributed by atoms with E-state index >= 15 is 0 Å². The number of unbranched alkanes of at least 4 members (excludes halogenated alkanes) is 2. The van der Waals surface area contributed by atoms with Crippen LogP contribution in [0.3, 0.4) is 0 Å². The van der Waals surface area contributed by atoms with Crippen molar-refractivity contribution < 1.29 is 9.59 Å². The topological polar surface area (TPSA) is 61.2 Å². The molecule has 0 aromatic rings. The van der Waals surface area contributed by atoms with Gasteiger partial charge in [-0.25, -0.2) is 0 Å². The van der Waals surface area contributed by atoms with Crippen molar-refractivity contribution in [3.8, 4) is 6.07 Å². The Morgan fingerprint density at radius 1 is 1.18 bits per heavy atom. The third kappa shape index (κ3) is 2.23. The molecule has 4 nitrogen and oxygen atoms in total. The van der Waals surface area contributed by atoms with Crippen LogP contribution in [0.15, 0.2) is 12.2 Å². The fraction of sp³-hybridized carbons (Fsp3) is 0.615. The summed E-state index contributed by atoms with van der Waals surface area (Å²) in [6, 6.07) is 2.07. The number of fused-ring (bicyclic) bond motifs is 1. The second kappa shape index (κ2) is 5.13. The summed E-state index contributed by atoms with van der Waals surface area (Å²) in [5.41, 5.74) is 0. The highest BCUT2D eigenvalue weighted by Gasteiger charge is 2.46. The number of carbonyl (C=O) groups excluding carboxylic acids is 2. The van der Waals surface area contributed by atoms with Crippen LogP contribution in [0.5, 0.6) is 0 Å². The number of imide groups is 1. The molecule has 0 N–H and O–H groups in total. The minimum Gasteiger partial charge on any atom is -0.282 e.